The van der Waals surface area contributed by atoms with E-state index in [1.54, 1.807) is 18.2 Å². The van der Waals surface area contributed by atoms with Crippen LogP contribution >= 0.6 is 27.7 Å². The van der Waals surface area contributed by atoms with Crippen molar-refractivity contribution in [2.24, 2.45) is 5.92 Å². The molecule has 2 aliphatic rings. The van der Waals surface area contributed by atoms with Crippen LogP contribution in [-0.2, 0) is 19.1 Å². The van der Waals surface area contributed by atoms with Gasteiger partial charge < -0.3 is 19.7 Å². The lowest BCUT2D eigenvalue weighted by Gasteiger charge is -2.31. The number of carbonyl (C=O) groups excluding carboxylic acids is 3. The first kappa shape index (κ1) is 24.1. The zero-order valence-electron chi connectivity index (χ0n) is 17.9. The van der Waals surface area contributed by atoms with Gasteiger partial charge >= 0.3 is 5.97 Å². The van der Waals surface area contributed by atoms with Gasteiger partial charge in [-0.3, -0.25) is 14.4 Å². The Labute approximate surface area is 199 Å². The number of amides is 2. The number of rotatable bonds is 6. The van der Waals surface area contributed by atoms with E-state index in [1.165, 1.54) is 14.2 Å². The number of thioether (sulfide) groups is 1. The van der Waals surface area contributed by atoms with Gasteiger partial charge in [-0.05, 0) is 52.9 Å². The third-order valence-corrected chi connectivity index (χ3v) is 7.19. The number of hydrogen-bond donors (Lipinski definition) is 1. The Morgan fingerprint density at radius 1 is 1.28 bits per heavy atom. The lowest BCUT2D eigenvalue weighted by molar-refractivity contribution is -0.150. The Hall–Kier alpha value is -2.51. The molecule has 2 amide bonds. The first-order valence-electron chi connectivity index (χ1n) is 10.2. The number of nitriles is 1. The maximum Gasteiger partial charge on any atom is 0.319 e. The van der Waals surface area contributed by atoms with Crippen molar-refractivity contribution in [2.45, 2.75) is 25.2 Å². The summed E-state index contributed by atoms with van der Waals surface area (Å²) in [5.41, 5.74) is 0.799. The number of methoxy groups -OCH3 is 2. The SMILES string of the molecule is COC(=O)[C@@H]1C(=O)NC(SCC(=O)N2CCCCC2)=C(C#N)[C@@H]1c1ccc(OC)c(Br)c1. The third kappa shape index (κ3) is 5.10. The van der Waals surface area contributed by atoms with E-state index in [-0.39, 0.29) is 17.2 Å². The van der Waals surface area contributed by atoms with Crippen LogP contribution in [-0.4, -0.2) is 55.7 Å². The number of ether oxygens (including phenoxy) is 2. The molecule has 0 bridgehead atoms. The number of likely N-dealkylation sites (tertiary alicyclic amines) is 1. The highest BCUT2D eigenvalue weighted by molar-refractivity contribution is 9.10. The molecule has 1 saturated heterocycles. The predicted molar refractivity (Wildman–Crippen MR) is 123 cm³/mol. The summed E-state index contributed by atoms with van der Waals surface area (Å²) >= 11 is 4.53. The highest BCUT2D eigenvalue weighted by Crippen LogP contribution is 2.42. The first-order valence-corrected chi connectivity index (χ1v) is 12.0. The fraction of sp³-hybridized carbons (Fsp3) is 0.455. The van der Waals surface area contributed by atoms with Crippen LogP contribution in [0.2, 0.25) is 0 Å². The summed E-state index contributed by atoms with van der Waals surface area (Å²) in [6, 6.07) is 7.27. The highest BCUT2D eigenvalue weighted by Gasteiger charge is 2.44. The van der Waals surface area contributed by atoms with Crippen LogP contribution in [0.5, 0.6) is 5.75 Å². The minimum atomic E-state index is -1.22. The molecule has 8 nitrogen and oxygen atoms in total. The molecule has 2 atom stereocenters. The quantitative estimate of drug-likeness (QED) is 0.452. The second-order valence-corrected chi connectivity index (χ2v) is 9.29. The number of halogens is 1. The molecular formula is C22H24BrN3O5S. The Balaban J connectivity index is 1.95. The maximum atomic E-state index is 12.9. The van der Waals surface area contributed by atoms with Crippen LogP contribution in [0.25, 0.3) is 0 Å². The maximum absolute atomic E-state index is 12.9. The molecule has 0 aromatic heterocycles. The number of nitrogens with zero attached hydrogens (tertiary/aromatic N) is 2. The predicted octanol–water partition coefficient (Wildman–Crippen LogP) is 2.94. The highest BCUT2D eigenvalue weighted by atomic mass is 79.9. The van der Waals surface area contributed by atoms with Crippen LogP contribution in [0.3, 0.4) is 0 Å². The number of carbonyl (C=O) groups is 3. The second kappa shape index (κ2) is 10.9. The van der Waals surface area contributed by atoms with Crippen molar-refractivity contribution in [1.29, 1.82) is 5.26 Å². The molecule has 3 rings (SSSR count). The van der Waals surface area contributed by atoms with E-state index >= 15 is 0 Å². The van der Waals surface area contributed by atoms with Gasteiger partial charge in [-0.15, -0.1) is 0 Å². The number of benzene rings is 1. The summed E-state index contributed by atoms with van der Waals surface area (Å²) in [7, 11) is 2.73. The zero-order valence-corrected chi connectivity index (χ0v) is 20.3. The number of allylic oxidation sites excluding steroid dienone is 1. The molecular weight excluding hydrogens is 498 g/mol. The molecule has 10 heteroatoms. The molecule has 1 fully saturated rings. The third-order valence-electron chi connectivity index (χ3n) is 5.57. The van der Waals surface area contributed by atoms with E-state index in [0.717, 1.165) is 44.1 Å². The van der Waals surface area contributed by atoms with Crippen molar-refractivity contribution in [3.05, 3.63) is 38.8 Å². The van der Waals surface area contributed by atoms with E-state index in [1.807, 2.05) is 4.90 Å². The topological polar surface area (TPSA) is 109 Å². The van der Waals surface area contributed by atoms with E-state index in [2.05, 4.69) is 27.3 Å². The molecule has 1 aromatic carbocycles. The molecule has 2 heterocycles. The minimum Gasteiger partial charge on any atom is -0.496 e. The Bertz CT molecular complexity index is 984. The summed E-state index contributed by atoms with van der Waals surface area (Å²) in [4.78, 5) is 39.8. The summed E-state index contributed by atoms with van der Waals surface area (Å²) in [6.45, 7) is 1.45. The van der Waals surface area contributed by atoms with Crippen LogP contribution in [0, 0.1) is 17.2 Å². The Morgan fingerprint density at radius 2 is 2.00 bits per heavy atom. The van der Waals surface area contributed by atoms with Gasteiger partial charge in [0.1, 0.15) is 11.7 Å². The molecule has 32 heavy (non-hydrogen) atoms. The molecule has 0 radical (unpaired) electrons. The number of esters is 1. The molecule has 0 spiro atoms. The van der Waals surface area contributed by atoms with Crippen molar-refractivity contribution in [2.75, 3.05) is 33.1 Å². The van der Waals surface area contributed by atoms with Crippen molar-refractivity contribution < 1.29 is 23.9 Å². The fourth-order valence-electron chi connectivity index (χ4n) is 3.92. The minimum absolute atomic E-state index is 0.0347. The lowest BCUT2D eigenvalue weighted by atomic mass is 9.78. The summed E-state index contributed by atoms with van der Waals surface area (Å²) in [5, 5.41) is 12.9. The summed E-state index contributed by atoms with van der Waals surface area (Å²) in [6.07, 6.45) is 3.08. The van der Waals surface area contributed by atoms with Crippen LogP contribution in [0.1, 0.15) is 30.7 Å². The standard InChI is InChI=1S/C22H24BrN3O5S/c1-30-16-7-6-13(10-15(16)23)18-14(11-24)21(25-20(28)19(18)22(29)31-2)32-12-17(27)26-8-4-3-5-9-26/h6-7,10,18-19H,3-5,8-9,12H2,1-2H3,(H,25,28)/t18-,19-/m0/s1. The molecule has 1 aromatic rings. The van der Waals surface area contributed by atoms with Crippen LogP contribution < -0.4 is 10.1 Å². The van der Waals surface area contributed by atoms with Gasteiger partial charge in [0.2, 0.25) is 11.8 Å². The average molecular weight is 522 g/mol. The van der Waals surface area contributed by atoms with Crippen molar-refractivity contribution in [3.8, 4) is 11.8 Å². The van der Waals surface area contributed by atoms with Gasteiger partial charge in [0.15, 0.2) is 0 Å². The number of nitrogens with one attached hydrogen (secondary N) is 1. The Morgan fingerprint density at radius 3 is 2.59 bits per heavy atom. The smallest absolute Gasteiger partial charge is 0.319 e. The van der Waals surface area contributed by atoms with Gasteiger partial charge in [-0.2, -0.15) is 5.26 Å². The van der Waals surface area contributed by atoms with E-state index < -0.39 is 23.7 Å². The van der Waals surface area contributed by atoms with Gasteiger partial charge in [0.25, 0.3) is 0 Å². The van der Waals surface area contributed by atoms with Gasteiger partial charge in [-0.1, -0.05) is 17.8 Å². The largest absolute Gasteiger partial charge is 0.496 e. The lowest BCUT2D eigenvalue weighted by Crippen LogP contribution is -2.44. The van der Waals surface area contributed by atoms with E-state index in [0.29, 0.717) is 20.8 Å². The molecule has 0 unspecified atom stereocenters. The molecule has 0 saturated carbocycles. The van der Waals surface area contributed by atoms with E-state index in [4.69, 9.17) is 9.47 Å². The number of piperidine rings is 1. The summed E-state index contributed by atoms with van der Waals surface area (Å²) < 4.78 is 10.7. The molecule has 2 aliphatic heterocycles. The van der Waals surface area contributed by atoms with Gasteiger partial charge in [0, 0.05) is 19.0 Å². The monoisotopic (exact) mass is 521 g/mol. The Kier molecular flexibility index (Phi) is 8.21. The number of hydrogen-bond acceptors (Lipinski definition) is 7. The van der Waals surface area contributed by atoms with Crippen LogP contribution in [0.4, 0.5) is 0 Å². The molecule has 0 aliphatic carbocycles. The first-order chi connectivity index (χ1) is 15.4. The fourth-order valence-corrected chi connectivity index (χ4v) is 5.43. The van der Waals surface area contributed by atoms with Crippen molar-refractivity contribution in [1.82, 2.24) is 10.2 Å². The van der Waals surface area contributed by atoms with Crippen LogP contribution in [0.15, 0.2) is 33.3 Å². The molecule has 170 valence electrons. The second-order valence-electron chi connectivity index (χ2n) is 7.45. The van der Waals surface area contributed by atoms with Gasteiger partial charge in [-0.25, -0.2) is 0 Å². The zero-order chi connectivity index (χ0) is 23.3. The average Bonchev–Trinajstić information content (AvgIpc) is 2.81. The van der Waals surface area contributed by atoms with E-state index in [9.17, 15) is 19.6 Å². The molecule has 1 N–H and O–H groups in total. The summed E-state index contributed by atoms with van der Waals surface area (Å²) in [5.74, 6) is -2.74. The van der Waals surface area contributed by atoms with Crippen molar-refractivity contribution >= 4 is 45.5 Å². The van der Waals surface area contributed by atoms with Crippen molar-refractivity contribution in [3.63, 3.8) is 0 Å². The normalized spacial score (nSPS) is 20.9. The van der Waals surface area contributed by atoms with Gasteiger partial charge in [0.05, 0.1) is 41.1 Å².